The average Bonchev–Trinajstić information content (AvgIpc) is 2.13. The topological polar surface area (TPSA) is 47.9 Å². The molecule has 0 saturated carbocycles. The van der Waals surface area contributed by atoms with Crippen molar-refractivity contribution < 1.29 is 9.13 Å². The SMILES string of the molecule is Fc1cc(Br)cc(Oc2nc(Cl)nc(Cl)n2)c1. The van der Waals surface area contributed by atoms with Crippen LogP contribution in [0.25, 0.3) is 0 Å². The first-order valence-electron chi connectivity index (χ1n) is 4.24. The highest BCUT2D eigenvalue weighted by Crippen LogP contribution is 2.24. The zero-order valence-corrected chi connectivity index (χ0v) is 11.1. The van der Waals surface area contributed by atoms with Gasteiger partial charge in [0.2, 0.25) is 10.6 Å². The molecular weight excluding hydrogens is 336 g/mol. The van der Waals surface area contributed by atoms with Crippen LogP contribution in [0, 0.1) is 5.82 Å². The Morgan fingerprint density at radius 1 is 1.06 bits per heavy atom. The van der Waals surface area contributed by atoms with Crippen LogP contribution in [0.5, 0.6) is 11.8 Å². The Labute approximate surface area is 114 Å². The summed E-state index contributed by atoms with van der Waals surface area (Å²) in [6.07, 6.45) is 0. The van der Waals surface area contributed by atoms with Crippen molar-refractivity contribution in [3.05, 3.63) is 39.1 Å². The van der Waals surface area contributed by atoms with Crippen LogP contribution >= 0.6 is 39.1 Å². The van der Waals surface area contributed by atoms with Gasteiger partial charge in [0.05, 0.1) is 0 Å². The lowest BCUT2D eigenvalue weighted by atomic mass is 10.3. The molecule has 17 heavy (non-hydrogen) atoms. The van der Waals surface area contributed by atoms with E-state index in [2.05, 4.69) is 30.9 Å². The normalized spacial score (nSPS) is 10.4. The Morgan fingerprint density at radius 3 is 2.29 bits per heavy atom. The molecule has 0 aliphatic rings. The number of benzene rings is 1. The van der Waals surface area contributed by atoms with Crippen LogP contribution in [0.4, 0.5) is 4.39 Å². The van der Waals surface area contributed by atoms with Gasteiger partial charge in [-0.15, -0.1) is 0 Å². The van der Waals surface area contributed by atoms with Gasteiger partial charge in [-0.25, -0.2) is 4.39 Å². The lowest BCUT2D eigenvalue weighted by molar-refractivity contribution is 0.435. The van der Waals surface area contributed by atoms with E-state index in [4.69, 9.17) is 27.9 Å². The molecule has 0 aliphatic heterocycles. The van der Waals surface area contributed by atoms with E-state index in [1.165, 1.54) is 12.1 Å². The molecule has 4 nitrogen and oxygen atoms in total. The molecule has 0 amide bonds. The molecule has 1 heterocycles. The lowest BCUT2D eigenvalue weighted by Crippen LogP contribution is -1.95. The molecule has 2 rings (SSSR count). The summed E-state index contributed by atoms with van der Waals surface area (Å²) in [5.74, 6) is -0.240. The molecule has 0 N–H and O–H groups in total. The van der Waals surface area contributed by atoms with Gasteiger partial charge in [0.25, 0.3) is 0 Å². The lowest BCUT2D eigenvalue weighted by Gasteiger charge is -2.04. The maximum Gasteiger partial charge on any atom is 0.327 e. The first-order valence-corrected chi connectivity index (χ1v) is 5.79. The zero-order chi connectivity index (χ0) is 12.4. The van der Waals surface area contributed by atoms with Crippen LogP contribution in [0.15, 0.2) is 22.7 Å². The van der Waals surface area contributed by atoms with Crippen LogP contribution in [-0.4, -0.2) is 15.0 Å². The highest BCUT2D eigenvalue weighted by atomic mass is 79.9. The Balaban J connectivity index is 2.31. The molecule has 0 aliphatic carbocycles. The Hall–Kier alpha value is -0.980. The van der Waals surface area contributed by atoms with Crippen LogP contribution in [-0.2, 0) is 0 Å². The first kappa shape index (κ1) is 12.5. The van der Waals surface area contributed by atoms with Crippen molar-refractivity contribution in [2.45, 2.75) is 0 Å². The fraction of sp³-hybridized carbons (Fsp3) is 0. The smallest absolute Gasteiger partial charge is 0.327 e. The van der Waals surface area contributed by atoms with Crippen LogP contribution < -0.4 is 4.74 Å². The maximum atomic E-state index is 13.1. The van der Waals surface area contributed by atoms with Crippen molar-refractivity contribution in [3.63, 3.8) is 0 Å². The molecule has 0 saturated heterocycles. The summed E-state index contributed by atoms with van der Waals surface area (Å²) in [7, 11) is 0. The van der Waals surface area contributed by atoms with Gasteiger partial charge < -0.3 is 4.74 Å². The van der Waals surface area contributed by atoms with E-state index in [-0.39, 0.29) is 22.3 Å². The van der Waals surface area contributed by atoms with Crippen molar-refractivity contribution in [1.29, 1.82) is 0 Å². The maximum absolute atomic E-state index is 13.1. The molecule has 0 bridgehead atoms. The van der Waals surface area contributed by atoms with Crippen molar-refractivity contribution in [2.24, 2.45) is 0 Å². The standard InChI is InChI=1S/C9H3BrCl2FN3O/c10-4-1-5(13)3-6(2-4)17-9-15-7(11)14-8(12)16-9/h1-3H. The third-order valence-electron chi connectivity index (χ3n) is 1.61. The summed E-state index contributed by atoms with van der Waals surface area (Å²) in [5, 5.41) is -0.203. The van der Waals surface area contributed by atoms with Gasteiger partial charge in [0.15, 0.2) is 0 Å². The van der Waals surface area contributed by atoms with Gasteiger partial charge in [-0.2, -0.15) is 15.0 Å². The summed E-state index contributed by atoms with van der Waals surface area (Å²) in [6.45, 7) is 0. The minimum absolute atomic E-state index is 0.101. The molecule has 0 unspecified atom stereocenters. The van der Waals surface area contributed by atoms with Crippen molar-refractivity contribution in [1.82, 2.24) is 15.0 Å². The van der Waals surface area contributed by atoms with Crippen LogP contribution in [0.1, 0.15) is 0 Å². The Kier molecular flexibility index (Phi) is 3.76. The van der Waals surface area contributed by atoms with E-state index < -0.39 is 5.82 Å². The highest BCUT2D eigenvalue weighted by Gasteiger charge is 2.07. The van der Waals surface area contributed by atoms with Crippen molar-refractivity contribution >= 4 is 39.1 Å². The minimum Gasteiger partial charge on any atom is -0.424 e. The summed E-state index contributed by atoms with van der Waals surface area (Å²) in [4.78, 5) is 10.9. The number of nitrogens with zero attached hydrogens (tertiary/aromatic N) is 3. The predicted octanol–water partition coefficient (Wildman–Crippen LogP) is 3.87. The number of aromatic nitrogens is 3. The average molecular weight is 339 g/mol. The number of hydrogen-bond donors (Lipinski definition) is 0. The third-order valence-corrected chi connectivity index (χ3v) is 2.40. The Bertz CT molecular complexity index is 480. The fourth-order valence-electron chi connectivity index (χ4n) is 1.05. The van der Waals surface area contributed by atoms with E-state index in [0.717, 1.165) is 0 Å². The molecule has 1 aromatic carbocycles. The molecular formula is C9H3BrCl2FN3O. The summed E-state index contributed by atoms with van der Waals surface area (Å²) < 4.78 is 18.8. The van der Waals surface area contributed by atoms with Gasteiger partial charge in [0.1, 0.15) is 11.6 Å². The summed E-state index contributed by atoms with van der Waals surface area (Å²) in [6, 6.07) is 3.91. The number of rotatable bonds is 2. The molecule has 0 atom stereocenters. The molecule has 0 radical (unpaired) electrons. The van der Waals surface area contributed by atoms with E-state index in [0.29, 0.717) is 4.47 Å². The molecule has 2 aromatic rings. The van der Waals surface area contributed by atoms with Crippen LogP contribution in [0.2, 0.25) is 10.6 Å². The molecule has 0 fully saturated rings. The molecule has 1 aromatic heterocycles. The van der Waals surface area contributed by atoms with Crippen LogP contribution in [0.3, 0.4) is 0 Å². The van der Waals surface area contributed by atoms with Gasteiger partial charge in [-0.1, -0.05) is 15.9 Å². The van der Waals surface area contributed by atoms with Gasteiger partial charge in [-0.3, -0.25) is 0 Å². The highest BCUT2D eigenvalue weighted by molar-refractivity contribution is 9.10. The molecule has 88 valence electrons. The quantitative estimate of drug-likeness (QED) is 0.833. The molecule has 8 heteroatoms. The Morgan fingerprint density at radius 2 is 1.71 bits per heavy atom. The molecule has 0 spiro atoms. The number of hydrogen-bond acceptors (Lipinski definition) is 4. The van der Waals surface area contributed by atoms with Crippen molar-refractivity contribution in [3.8, 4) is 11.8 Å². The summed E-state index contributed by atoms with van der Waals surface area (Å²) >= 11 is 14.3. The van der Waals surface area contributed by atoms with Gasteiger partial charge in [0, 0.05) is 10.5 Å². The predicted molar refractivity (Wildman–Crippen MR) is 64.0 cm³/mol. The largest absolute Gasteiger partial charge is 0.424 e. The monoisotopic (exact) mass is 337 g/mol. The number of halogens is 4. The second kappa shape index (κ2) is 5.12. The van der Waals surface area contributed by atoms with Gasteiger partial charge in [-0.05, 0) is 35.3 Å². The first-order chi connectivity index (χ1) is 8.02. The van der Waals surface area contributed by atoms with E-state index in [1.54, 1.807) is 6.07 Å². The second-order valence-electron chi connectivity index (χ2n) is 2.86. The van der Waals surface area contributed by atoms with Crippen molar-refractivity contribution in [2.75, 3.05) is 0 Å². The second-order valence-corrected chi connectivity index (χ2v) is 4.46. The van der Waals surface area contributed by atoms with E-state index >= 15 is 0 Å². The third kappa shape index (κ3) is 3.49. The van der Waals surface area contributed by atoms with Gasteiger partial charge >= 0.3 is 6.01 Å². The summed E-state index contributed by atoms with van der Waals surface area (Å²) in [5.41, 5.74) is 0. The van der Waals surface area contributed by atoms with E-state index in [1.807, 2.05) is 0 Å². The fourth-order valence-corrected chi connectivity index (χ4v) is 1.84. The minimum atomic E-state index is -0.458. The zero-order valence-electron chi connectivity index (χ0n) is 7.99. The number of ether oxygens (including phenoxy) is 1. The van der Waals surface area contributed by atoms with E-state index in [9.17, 15) is 4.39 Å².